The van der Waals surface area contributed by atoms with E-state index < -0.39 is 0 Å². The molecule has 2 amide bonds. The summed E-state index contributed by atoms with van der Waals surface area (Å²) in [6, 6.07) is 14.3. The van der Waals surface area contributed by atoms with E-state index in [0.717, 1.165) is 51.3 Å². The number of benzene rings is 2. The van der Waals surface area contributed by atoms with Crippen molar-refractivity contribution >= 4 is 17.5 Å². The van der Waals surface area contributed by atoms with Gasteiger partial charge in [0.05, 0.1) is 29.5 Å². The highest BCUT2D eigenvalue weighted by atomic mass is 16.5. The van der Waals surface area contributed by atoms with Gasteiger partial charge in [-0.2, -0.15) is 0 Å². The van der Waals surface area contributed by atoms with E-state index in [9.17, 15) is 9.59 Å². The van der Waals surface area contributed by atoms with Crippen LogP contribution in [-0.4, -0.2) is 67.0 Å². The summed E-state index contributed by atoms with van der Waals surface area (Å²) >= 11 is 0. The molecule has 0 aliphatic carbocycles. The van der Waals surface area contributed by atoms with Crippen LogP contribution in [0.3, 0.4) is 0 Å². The van der Waals surface area contributed by atoms with Crippen LogP contribution >= 0.6 is 0 Å². The SMILES string of the molecule is Cc1cccc(CN2CCN(c3cccc4c3C(=O)N(CC3CCCO3)C4=O)CC2)c1. The number of anilines is 1. The smallest absolute Gasteiger partial charge is 0.263 e. The number of fused-ring (bicyclic) bond motifs is 1. The molecule has 2 saturated heterocycles. The molecular weight excluding hydrogens is 390 g/mol. The molecule has 162 valence electrons. The minimum absolute atomic E-state index is 0.0316. The normalized spacial score (nSPS) is 21.8. The average Bonchev–Trinajstić information content (AvgIpc) is 3.37. The minimum Gasteiger partial charge on any atom is -0.376 e. The van der Waals surface area contributed by atoms with Crippen molar-refractivity contribution < 1.29 is 14.3 Å². The summed E-state index contributed by atoms with van der Waals surface area (Å²) in [6.45, 7) is 7.68. The first-order valence-corrected chi connectivity index (χ1v) is 11.2. The van der Waals surface area contributed by atoms with E-state index in [1.807, 2.05) is 12.1 Å². The molecule has 1 unspecified atom stereocenters. The van der Waals surface area contributed by atoms with Crippen molar-refractivity contribution in [1.29, 1.82) is 0 Å². The summed E-state index contributed by atoms with van der Waals surface area (Å²) in [5.74, 6) is -0.358. The Balaban J connectivity index is 1.29. The molecule has 3 aliphatic rings. The zero-order chi connectivity index (χ0) is 21.4. The lowest BCUT2D eigenvalue weighted by molar-refractivity contribution is 0.0475. The molecule has 1 atom stereocenters. The molecule has 31 heavy (non-hydrogen) atoms. The van der Waals surface area contributed by atoms with Gasteiger partial charge in [-0.1, -0.05) is 35.9 Å². The van der Waals surface area contributed by atoms with Crippen molar-refractivity contribution in [2.45, 2.75) is 32.4 Å². The zero-order valence-electron chi connectivity index (χ0n) is 18.0. The minimum atomic E-state index is -0.185. The fourth-order valence-electron chi connectivity index (χ4n) is 4.95. The Bertz CT molecular complexity index is 991. The van der Waals surface area contributed by atoms with Gasteiger partial charge in [0, 0.05) is 39.3 Å². The number of piperazine rings is 1. The third-order valence-electron chi connectivity index (χ3n) is 6.59. The Morgan fingerprint density at radius 1 is 1.00 bits per heavy atom. The van der Waals surface area contributed by atoms with Crippen LogP contribution in [0.4, 0.5) is 5.69 Å². The van der Waals surface area contributed by atoms with E-state index in [2.05, 4.69) is 41.0 Å². The summed E-state index contributed by atoms with van der Waals surface area (Å²) < 4.78 is 5.66. The van der Waals surface area contributed by atoms with E-state index in [4.69, 9.17) is 4.74 Å². The van der Waals surface area contributed by atoms with Gasteiger partial charge in [0.2, 0.25) is 0 Å². The number of amides is 2. The maximum absolute atomic E-state index is 13.2. The monoisotopic (exact) mass is 419 g/mol. The van der Waals surface area contributed by atoms with E-state index in [1.54, 1.807) is 6.07 Å². The highest BCUT2D eigenvalue weighted by Gasteiger charge is 2.40. The predicted octanol–water partition coefficient (Wildman–Crippen LogP) is 3.09. The average molecular weight is 420 g/mol. The lowest BCUT2D eigenvalue weighted by Gasteiger charge is -2.36. The largest absolute Gasteiger partial charge is 0.376 e. The number of nitrogens with zero attached hydrogens (tertiary/aromatic N) is 3. The Morgan fingerprint density at radius 3 is 2.55 bits per heavy atom. The van der Waals surface area contributed by atoms with Crippen molar-refractivity contribution in [2.24, 2.45) is 0 Å². The highest BCUT2D eigenvalue weighted by Crippen LogP contribution is 2.33. The van der Waals surface area contributed by atoms with E-state index in [-0.39, 0.29) is 17.9 Å². The molecular formula is C25H29N3O3. The van der Waals surface area contributed by atoms with Crippen LogP contribution < -0.4 is 4.90 Å². The lowest BCUT2D eigenvalue weighted by atomic mass is 10.1. The van der Waals surface area contributed by atoms with Crippen molar-refractivity contribution in [3.8, 4) is 0 Å². The maximum atomic E-state index is 13.2. The fraction of sp³-hybridized carbons (Fsp3) is 0.440. The van der Waals surface area contributed by atoms with Gasteiger partial charge in [0.25, 0.3) is 11.8 Å². The first-order chi connectivity index (χ1) is 15.1. The van der Waals surface area contributed by atoms with Crippen LogP contribution in [-0.2, 0) is 11.3 Å². The molecule has 3 heterocycles. The van der Waals surface area contributed by atoms with Gasteiger partial charge in [-0.15, -0.1) is 0 Å². The molecule has 3 aliphatic heterocycles. The van der Waals surface area contributed by atoms with Crippen LogP contribution in [0.1, 0.15) is 44.7 Å². The van der Waals surface area contributed by atoms with Crippen LogP contribution in [0.2, 0.25) is 0 Å². The number of rotatable bonds is 5. The summed E-state index contributed by atoms with van der Waals surface area (Å²) in [4.78, 5) is 32.2. The number of hydrogen-bond acceptors (Lipinski definition) is 5. The molecule has 5 rings (SSSR count). The zero-order valence-corrected chi connectivity index (χ0v) is 18.0. The molecule has 6 heteroatoms. The van der Waals surface area contributed by atoms with E-state index in [1.165, 1.54) is 16.0 Å². The Labute approximate surface area is 183 Å². The Hall–Kier alpha value is -2.70. The molecule has 0 aromatic heterocycles. The van der Waals surface area contributed by atoms with Gasteiger partial charge in [-0.3, -0.25) is 19.4 Å². The first kappa shape index (κ1) is 20.2. The fourth-order valence-corrected chi connectivity index (χ4v) is 4.95. The number of ether oxygens (including phenoxy) is 1. The molecule has 0 saturated carbocycles. The van der Waals surface area contributed by atoms with Crippen molar-refractivity contribution in [1.82, 2.24) is 9.80 Å². The van der Waals surface area contributed by atoms with Gasteiger partial charge in [-0.25, -0.2) is 0 Å². The third-order valence-corrected chi connectivity index (χ3v) is 6.59. The molecule has 6 nitrogen and oxygen atoms in total. The second kappa shape index (κ2) is 8.44. The van der Waals surface area contributed by atoms with Crippen molar-refractivity contribution in [3.63, 3.8) is 0 Å². The van der Waals surface area contributed by atoms with Gasteiger partial charge < -0.3 is 9.64 Å². The van der Waals surface area contributed by atoms with Crippen LogP contribution in [0.15, 0.2) is 42.5 Å². The predicted molar refractivity (Wildman–Crippen MR) is 119 cm³/mol. The summed E-state index contributed by atoms with van der Waals surface area (Å²) in [5.41, 5.74) is 4.60. The highest BCUT2D eigenvalue weighted by molar-refractivity contribution is 6.23. The second-order valence-electron chi connectivity index (χ2n) is 8.81. The number of carbonyl (C=O) groups is 2. The molecule has 0 bridgehead atoms. The molecule has 0 N–H and O–H groups in total. The Kier molecular flexibility index (Phi) is 5.50. The topological polar surface area (TPSA) is 53.1 Å². The quantitative estimate of drug-likeness (QED) is 0.697. The number of carbonyl (C=O) groups excluding carboxylic acids is 2. The lowest BCUT2D eigenvalue weighted by Crippen LogP contribution is -2.46. The van der Waals surface area contributed by atoms with Gasteiger partial charge in [0.1, 0.15) is 0 Å². The number of aryl methyl sites for hydroxylation is 1. The second-order valence-corrected chi connectivity index (χ2v) is 8.81. The maximum Gasteiger partial charge on any atom is 0.263 e. The molecule has 2 fully saturated rings. The summed E-state index contributed by atoms with van der Waals surface area (Å²) in [6.07, 6.45) is 1.87. The number of hydrogen-bond donors (Lipinski definition) is 0. The van der Waals surface area contributed by atoms with Gasteiger partial charge in [0.15, 0.2) is 0 Å². The van der Waals surface area contributed by atoms with E-state index in [0.29, 0.717) is 24.3 Å². The standard InChI is InChI=1S/C25H29N3O3/c1-18-5-2-6-19(15-18)16-26-10-12-27(13-11-26)22-9-3-8-21-23(22)25(30)28(24(21)29)17-20-7-4-14-31-20/h2-3,5-6,8-9,15,20H,4,7,10-14,16-17H2,1H3. The number of imide groups is 1. The van der Waals surface area contributed by atoms with E-state index >= 15 is 0 Å². The molecule has 2 aromatic carbocycles. The van der Waals surface area contributed by atoms with Crippen LogP contribution in [0.25, 0.3) is 0 Å². The molecule has 0 spiro atoms. The van der Waals surface area contributed by atoms with Crippen LogP contribution in [0.5, 0.6) is 0 Å². The molecule has 2 aromatic rings. The Morgan fingerprint density at radius 2 is 1.81 bits per heavy atom. The van der Waals surface area contributed by atoms with Crippen molar-refractivity contribution in [3.05, 3.63) is 64.7 Å². The van der Waals surface area contributed by atoms with Gasteiger partial charge >= 0.3 is 0 Å². The van der Waals surface area contributed by atoms with Crippen molar-refractivity contribution in [2.75, 3.05) is 44.2 Å². The summed E-state index contributed by atoms with van der Waals surface area (Å²) in [5, 5.41) is 0. The third kappa shape index (κ3) is 3.98. The van der Waals surface area contributed by atoms with Crippen LogP contribution in [0, 0.1) is 6.92 Å². The summed E-state index contributed by atoms with van der Waals surface area (Å²) in [7, 11) is 0. The molecule has 0 radical (unpaired) electrons. The first-order valence-electron chi connectivity index (χ1n) is 11.2. The van der Waals surface area contributed by atoms with Gasteiger partial charge in [-0.05, 0) is 37.5 Å².